The lowest BCUT2D eigenvalue weighted by atomic mass is 9.85. The van der Waals surface area contributed by atoms with Crippen molar-refractivity contribution in [3.63, 3.8) is 0 Å². The molecule has 3 atom stereocenters. The van der Waals surface area contributed by atoms with Gasteiger partial charge in [-0.25, -0.2) is 9.37 Å². The van der Waals surface area contributed by atoms with Crippen LogP contribution in [0.15, 0.2) is 23.7 Å². The molecule has 38 heavy (non-hydrogen) atoms. The molecule has 3 amide bonds. The normalized spacial score (nSPS) is 21.1. The maximum absolute atomic E-state index is 14.3. The van der Waals surface area contributed by atoms with Gasteiger partial charge >= 0.3 is 0 Å². The van der Waals surface area contributed by atoms with Gasteiger partial charge in [0.1, 0.15) is 17.8 Å². The van der Waals surface area contributed by atoms with E-state index in [1.54, 1.807) is 33.4 Å². The summed E-state index contributed by atoms with van der Waals surface area (Å²) >= 11 is 1.53. The number of nitrogens with zero attached hydrogens (tertiary/aromatic N) is 2. The highest BCUT2D eigenvalue weighted by Gasteiger charge is 2.53. The maximum atomic E-state index is 14.3. The molecule has 0 spiro atoms. The number of carbonyl (C=O) groups is 3. The minimum absolute atomic E-state index is 0.0492. The van der Waals surface area contributed by atoms with Crippen LogP contribution in [0.25, 0.3) is 10.4 Å². The Morgan fingerprint density at radius 3 is 2.61 bits per heavy atom. The van der Waals surface area contributed by atoms with Gasteiger partial charge in [-0.1, -0.05) is 32.9 Å². The molecule has 1 saturated carbocycles. The highest BCUT2D eigenvalue weighted by atomic mass is 32.1. The zero-order chi connectivity index (χ0) is 27.8. The predicted molar refractivity (Wildman–Crippen MR) is 141 cm³/mol. The molecule has 1 aliphatic carbocycles. The largest absolute Gasteiger partial charge is 0.496 e. The molecule has 3 N–H and O–H groups in total. The van der Waals surface area contributed by atoms with E-state index in [0.29, 0.717) is 5.75 Å². The van der Waals surface area contributed by atoms with Crippen LogP contribution in [0, 0.1) is 12.3 Å². The molecule has 4 rings (SSSR count). The van der Waals surface area contributed by atoms with Crippen molar-refractivity contribution < 1.29 is 28.6 Å². The third-order valence-corrected chi connectivity index (χ3v) is 8.07. The molecular formula is C27H35FN4O5S. The van der Waals surface area contributed by atoms with E-state index in [1.807, 2.05) is 25.1 Å². The summed E-state index contributed by atoms with van der Waals surface area (Å²) in [6.07, 6.45) is -0.564. The number of benzene rings is 1. The lowest BCUT2D eigenvalue weighted by molar-refractivity contribution is -0.145. The Hall–Kier alpha value is -3.05. The Morgan fingerprint density at radius 2 is 2.03 bits per heavy atom. The first-order chi connectivity index (χ1) is 17.8. The van der Waals surface area contributed by atoms with Gasteiger partial charge in [0.2, 0.25) is 11.8 Å². The lowest BCUT2D eigenvalue weighted by Crippen LogP contribution is -2.59. The van der Waals surface area contributed by atoms with E-state index in [9.17, 15) is 23.9 Å². The number of halogens is 1. The number of hydrogen-bond acceptors (Lipinski definition) is 7. The number of β-amino-alcohol motifs (C(OH)–C–C–N with tert-alkyl or cyclic N) is 1. The number of carbonyl (C=O) groups excluding carboxylic acids is 3. The van der Waals surface area contributed by atoms with E-state index in [4.69, 9.17) is 4.74 Å². The Bertz CT molecular complexity index is 1220. The van der Waals surface area contributed by atoms with Crippen molar-refractivity contribution in [2.24, 2.45) is 5.41 Å². The molecule has 0 bridgehead atoms. The summed E-state index contributed by atoms with van der Waals surface area (Å²) in [7, 11) is 1.56. The number of rotatable bonds is 8. The maximum Gasteiger partial charge on any atom is 0.258 e. The van der Waals surface area contributed by atoms with Gasteiger partial charge in [0.15, 0.2) is 5.67 Å². The quantitative estimate of drug-likeness (QED) is 0.468. The number of amides is 3. The van der Waals surface area contributed by atoms with E-state index < -0.39 is 47.0 Å². The number of thiazole rings is 1. The predicted octanol–water partition coefficient (Wildman–Crippen LogP) is 2.74. The minimum atomic E-state index is -1.93. The van der Waals surface area contributed by atoms with Crippen molar-refractivity contribution in [3.8, 4) is 16.2 Å². The first kappa shape index (κ1) is 28.0. The second kappa shape index (κ2) is 10.6. The minimum Gasteiger partial charge on any atom is -0.496 e. The molecule has 11 heteroatoms. The molecule has 9 nitrogen and oxygen atoms in total. The number of hydrogen-bond donors (Lipinski definition) is 3. The summed E-state index contributed by atoms with van der Waals surface area (Å²) in [5.74, 6) is -1.16. The molecule has 0 radical (unpaired) electrons. The average Bonchev–Trinajstić information content (AvgIpc) is 3.28. The first-order valence-electron chi connectivity index (χ1n) is 12.7. The van der Waals surface area contributed by atoms with Crippen LogP contribution in [-0.2, 0) is 20.9 Å². The van der Waals surface area contributed by atoms with Crippen LogP contribution in [-0.4, -0.2) is 70.2 Å². The van der Waals surface area contributed by atoms with Crippen molar-refractivity contribution in [1.29, 1.82) is 0 Å². The number of likely N-dealkylation sites (tertiary alicyclic amines) is 1. The van der Waals surface area contributed by atoms with Crippen LogP contribution in [0.1, 0.15) is 51.3 Å². The second-order valence-electron chi connectivity index (χ2n) is 11.1. The fourth-order valence-corrected chi connectivity index (χ4v) is 5.43. The monoisotopic (exact) mass is 546 g/mol. The Labute approximate surface area is 225 Å². The smallest absolute Gasteiger partial charge is 0.258 e. The highest BCUT2D eigenvalue weighted by Crippen LogP contribution is 2.40. The van der Waals surface area contributed by atoms with Crippen molar-refractivity contribution in [2.75, 3.05) is 13.7 Å². The fraction of sp³-hybridized carbons (Fsp3) is 0.556. The molecule has 2 heterocycles. The summed E-state index contributed by atoms with van der Waals surface area (Å²) in [5, 5.41) is 15.8. The SMILES string of the molecule is COc1cc(-c2scnc2C)ccc1CNC(=O)[C@@H]1C[C@@H](O)CN1C(=O)C(NC(=O)C1(F)CC1)C(C)(C)C. The van der Waals surface area contributed by atoms with Gasteiger partial charge in [0.25, 0.3) is 5.91 Å². The van der Waals surface area contributed by atoms with Crippen LogP contribution in [0.5, 0.6) is 5.75 Å². The average molecular weight is 547 g/mol. The van der Waals surface area contributed by atoms with Crippen molar-refractivity contribution in [3.05, 3.63) is 35.0 Å². The number of aromatic nitrogens is 1. The zero-order valence-electron chi connectivity index (χ0n) is 22.3. The van der Waals surface area contributed by atoms with Gasteiger partial charge in [0, 0.05) is 25.1 Å². The molecule has 2 aromatic rings. The van der Waals surface area contributed by atoms with Crippen LogP contribution in [0.4, 0.5) is 4.39 Å². The van der Waals surface area contributed by atoms with E-state index in [-0.39, 0.29) is 32.4 Å². The second-order valence-corrected chi connectivity index (χ2v) is 12.0. The number of aliphatic hydroxyl groups excluding tert-OH is 1. The number of aliphatic hydroxyl groups is 1. The summed E-state index contributed by atoms with van der Waals surface area (Å²) in [6.45, 7) is 7.33. The first-order valence-corrected chi connectivity index (χ1v) is 13.6. The Balaban J connectivity index is 1.47. The summed E-state index contributed by atoms with van der Waals surface area (Å²) in [6, 6.07) is 3.73. The van der Waals surface area contributed by atoms with Gasteiger partial charge in [-0.3, -0.25) is 14.4 Å². The fourth-order valence-electron chi connectivity index (χ4n) is 4.63. The number of aryl methyl sites for hydroxylation is 1. The van der Waals surface area contributed by atoms with Crippen LogP contribution < -0.4 is 15.4 Å². The number of ether oxygens (including phenoxy) is 1. The van der Waals surface area contributed by atoms with Gasteiger partial charge in [-0.2, -0.15) is 0 Å². The Kier molecular flexibility index (Phi) is 7.81. The van der Waals surface area contributed by atoms with Gasteiger partial charge < -0.3 is 25.4 Å². The van der Waals surface area contributed by atoms with Gasteiger partial charge in [-0.05, 0) is 36.8 Å². The number of alkyl halides is 1. The molecule has 1 unspecified atom stereocenters. The van der Waals surface area contributed by atoms with E-state index in [0.717, 1.165) is 21.7 Å². The topological polar surface area (TPSA) is 121 Å². The molecular weight excluding hydrogens is 511 g/mol. The molecule has 1 saturated heterocycles. The molecule has 2 fully saturated rings. The van der Waals surface area contributed by atoms with Crippen LogP contribution >= 0.6 is 11.3 Å². The standard InChI is InChI=1S/C27H35FN4O5S/c1-15-21(38-14-30-15)16-6-7-17(20(10-16)37-5)12-29-23(34)19-11-18(33)13-32(19)24(35)22(26(2,3)4)31-25(36)27(28)8-9-27/h6-7,10,14,18-19,22,33H,8-9,11-13H2,1-5H3,(H,29,34)(H,31,36)/t18-,19+,22?/m1/s1. The molecule has 1 aliphatic heterocycles. The van der Waals surface area contributed by atoms with Crippen LogP contribution in [0.3, 0.4) is 0 Å². The van der Waals surface area contributed by atoms with Crippen molar-refractivity contribution in [1.82, 2.24) is 20.5 Å². The lowest BCUT2D eigenvalue weighted by Gasteiger charge is -2.35. The number of methoxy groups -OCH3 is 1. The van der Waals surface area contributed by atoms with Gasteiger partial charge in [-0.15, -0.1) is 11.3 Å². The number of nitrogens with one attached hydrogen (secondary N) is 2. The van der Waals surface area contributed by atoms with Crippen molar-refractivity contribution in [2.45, 2.75) is 77.4 Å². The zero-order valence-corrected chi connectivity index (χ0v) is 23.2. The summed E-state index contributed by atoms with van der Waals surface area (Å²) in [5.41, 5.74) is 1.75. The third kappa shape index (κ3) is 5.83. The summed E-state index contributed by atoms with van der Waals surface area (Å²) < 4.78 is 19.9. The molecule has 2 aliphatic rings. The molecule has 1 aromatic heterocycles. The van der Waals surface area contributed by atoms with Crippen molar-refractivity contribution >= 4 is 29.1 Å². The molecule has 206 valence electrons. The van der Waals surface area contributed by atoms with E-state index in [2.05, 4.69) is 15.6 Å². The van der Waals surface area contributed by atoms with Crippen LogP contribution in [0.2, 0.25) is 0 Å². The van der Waals surface area contributed by atoms with Gasteiger partial charge in [0.05, 0.1) is 29.3 Å². The summed E-state index contributed by atoms with van der Waals surface area (Å²) in [4.78, 5) is 45.8. The molecule has 1 aromatic carbocycles. The third-order valence-electron chi connectivity index (χ3n) is 7.10. The van der Waals surface area contributed by atoms with E-state index >= 15 is 0 Å². The highest BCUT2D eigenvalue weighted by molar-refractivity contribution is 7.13. The Morgan fingerprint density at radius 1 is 1.32 bits per heavy atom. The van der Waals surface area contributed by atoms with E-state index in [1.165, 1.54) is 16.2 Å².